The van der Waals surface area contributed by atoms with Gasteiger partial charge < -0.3 is 16.4 Å². The maximum atomic E-state index is 12.5. The molecule has 4 N–H and O–H groups in total. The van der Waals surface area contributed by atoms with Crippen molar-refractivity contribution < 1.29 is 13.2 Å². The van der Waals surface area contributed by atoms with Crippen molar-refractivity contribution in [3.8, 4) is 0 Å². The minimum absolute atomic E-state index is 0.228. The van der Waals surface area contributed by atoms with Crippen LogP contribution in [0.1, 0.15) is 24.1 Å². The van der Waals surface area contributed by atoms with E-state index in [1.165, 1.54) is 7.05 Å². The fraction of sp³-hybridized carbons (Fsp3) is 0.562. The van der Waals surface area contributed by atoms with Crippen molar-refractivity contribution in [2.75, 3.05) is 18.5 Å². The fourth-order valence-corrected chi connectivity index (χ4v) is 3.35. The van der Waals surface area contributed by atoms with Crippen LogP contribution in [0.2, 0.25) is 0 Å². The largest absolute Gasteiger partial charge is 0.405 e. The van der Waals surface area contributed by atoms with Gasteiger partial charge in [-0.1, -0.05) is 12.1 Å². The normalized spacial score (nSPS) is 29.8. The van der Waals surface area contributed by atoms with E-state index in [1.807, 2.05) is 18.2 Å². The molecule has 0 bridgehead atoms. The van der Waals surface area contributed by atoms with E-state index in [1.54, 1.807) is 6.07 Å². The Morgan fingerprint density at radius 1 is 1.35 bits per heavy atom. The molecule has 1 aromatic rings. The maximum absolute atomic E-state index is 12.5. The fourth-order valence-electron chi connectivity index (χ4n) is 3.35. The molecule has 0 aliphatic heterocycles. The molecule has 0 saturated heterocycles. The molecule has 1 unspecified atom stereocenters. The highest BCUT2D eigenvalue weighted by molar-refractivity contribution is 5.59. The number of nitrogens with two attached hydrogens (primary N) is 2. The van der Waals surface area contributed by atoms with Crippen molar-refractivity contribution in [2.45, 2.75) is 37.0 Å². The molecule has 1 aromatic heterocycles. The molecule has 1 heterocycles. The van der Waals surface area contributed by atoms with Gasteiger partial charge in [-0.05, 0) is 42.9 Å². The molecule has 1 fully saturated rings. The van der Waals surface area contributed by atoms with E-state index in [2.05, 4.69) is 4.98 Å². The quantitative estimate of drug-likeness (QED) is 0.892. The Morgan fingerprint density at radius 2 is 2.04 bits per heavy atom. The van der Waals surface area contributed by atoms with Crippen LogP contribution < -0.4 is 16.4 Å². The summed E-state index contributed by atoms with van der Waals surface area (Å²) in [5.74, 6) is 0.662. The molecule has 2 aliphatic rings. The van der Waals surface area contributed by atoms with Crippen LogP contribution in [0.4, 0.5) is 19.0 Å². The van der Waals surface area contributed by atoms with Gasteiger partial charge in [0.2, 0.25) is 0 Å². The van der Waals surface area contributed by atoms with Gasteiger partial charge in [0, 0.05) is 18.6 Å². The summed E-state index contributed by atoms with van der Waals surface area (Å²) in [4.78, 5) is 5.44. The molecule has 1 saturated carbocycles. The number of anilines is 1. The zero-order valence-corrected chi connectivity index (χ0v) is 13.0. The lowest BCUT2D eigenvalue weighted by molar-refractivity contribution is -0.119. The summed E-state index contributed by atoms with van der Waals surface area (Å²) in [7, 11) is 1.39. The molecule has 3 rings (SSSR count). The summed E-state index contributed by atoms with van der Waals surface area (Å²) in [6.45, 7) is -1.02. The highest BCUT2D eigenvalue weighted by Crippen LogP contribution is 2.39. The topological polar surface area (TPSA) is 68.2 Å². The van der Waals surface area contributed by atoms with Crippen molar-refractivity contribution in [3.05, 3.63) is 29.5 Å². The molecule has 0 spiro atoms. The second-order valence-electron chi connectivity index (χ2n) is 6.74. The molecular formula is C16H21F3N4. The predicted octanol–water partition coefficient (Wildman–Crippen LogP) is 2.08. The number of halogens is 3. The van der Waals surface area contributed by atoms with Gasteiger partial charge in [-0.15, -0.1) is 0 Å². The van der Waals surface area contributed by atoms with Crippen molar-refractivity contribution in [2.24, 2.45) is 17.4 Å². The van der Waals surface area contributed by atoms with Gasteiger partial charge in [-0.3, -0.25) is 0 Å². The van der Waals surface area contributed by atoms with Gasteiger partial charge in [0.15, 0.2) is 0 Å². The molecule has 23 heavy (non-hydrogen) atoms. The first-order valence-electron chi connectivity index (χ1n) is 7.68. The molecule has 2 aliphatic carbocycles. The molecule has 0 amide bonds. The first-order chi connectivity index (χ1) is 10.7. The Hall–Kier alpha value is -1.60. The molecule has 126 valence electrons. The minimum Gasteiger partial charge on any atom is -0.351 e. The van der Waals surface area contributed by atoms with Crippen LogP contribution in [-0.4, -0.2) is 36.3 Å². The van der Waals surface area contributed by atoms with Gasteiger partial charge in [-0.25, -0.2) is 4.98 Å². The van der Waals surface area contributed by atoms with Crippen molar-refractivity contribution in [1.29, 1.82) is 0 Å². The molecule has 0 aromatic carbocycles. The van der Waals surface area contributed by atoms with Crippen molar-refractivity contribution in [1.82, 2.24) is 4.98 Å². The number of aromatic nitrogens is 1. The smallest absolute Gasteiger partial charge is 0.351 e. The maximum Gasteiger partial charge on any atom is 0.405 e. The van der Waals surface area contributed by atoms with Crippen LogP contribution in [-0.2, 0) is 6.42 Å². The van der Waals surface area contributed by atoms with Crippen LogP contribution in [0.3, 0.4) is 0 Å². The Morgan fingerprint density at radius 3 is 2.65 bits per heavy atom. The third-order valence-electron chi connectivity index (χ3n) is 4.79. The lowest BCUT2D eigenvalue weighted by Gasteiger charge is -2.45. The number of alkyl halides is 3. The van der Waals surface area contributed by atoms with Crippen LogP contribution >= 0.6 is 0 Å². The molecular weight excluding hydrogens is 305 g/mol. The standard InChI is InChI=1S/C16H21F3N4/c1-23(9-16(17,18)19)14-3-2-10-8-15(21,5-4-13(10)22-14)11-6-12(20)7-11/h2-5,11-12H,6-9,20-21H2,1H3. The third kappa shape index (κ3) is 3.35. The number of hydrogen-bond acceptors (Lipinski definition) is 4. The van der Waals surface area contributed by atoms with Gasteiger partial charge >= 0.3 is 6.18 Å². The lowest BCUT2D eigenvalue weighted by atomic mass is 9.65. The Bertz CT molecular complexity index is 622. The SMILES string of the molecule is CN(CC(F)(F)F)c1ccc2c(n1)C=CC(N)(C1CC(N)C1)C2. The zero-order valence-electron chi connectivity index (χ0n) is 13.0. The van der Waals surface area contributed by atoms with E-state index in [-0.39, 0.29) is 6.04 Å². The highest BCUT2D eigenvalue weighted by atomic mass is 19.4. The lowest BCUT2D eigenvalue weighted by Crippen LogP contribution is -2.56. The van der Waals surface area contributed by atoms with Gasteiger partial charge in [0.1, 0.15) is 12.4 Å². The molecule has 7 heteroatoms. The van der Waals surface area contributed by atoms with E-state index in [9.17, 15) is 13.2 Å². The summed E-state index contributed by atoms with van der Waals surface area (Å²) in [6.07, 6.45) is 1.98. The second kappa shape index (κ2) is 5.49. The van der Waals surface area contributed by atoms with Gasteiger partial charge in [0.25, 0.3) is 0 Å². The van der Waals surface area contributed by atoms with Crippen molar-refractivity contribution in [3.63, 3.8) is 0 Å². The third-order valence-corrected chi connectivity index (χ3v) is 4.79. The monoisotopic (exact) mass is 326 g/mol. The number of rotatable bonds is 3. The van der Waals surface area contributed by atoms with Crippen LogP contribution in [0, 0.1) is 5.92 Å². The summed E-state index contributed by atoms with van der Waals surface area (Å²) >= 11 is 0. The second-order valence-corrected chi connectivity index (χ2v) is 6.74. The Labute approximate surface area is 133 Å². The Balaban J connectivity index is 1.77. The average Bonchev–Trinajstić information content (AvgIpc) is 2.41. The van der Waals surface area contributed by atoms with Crippen LogP contribution in [0.15, 0.2) is 18.2 Å². The number of pyridine rings is 1. The molecule has 0 radical (unpaired) electrons. The first kappa shape index (κ1) is 16.3. The summed E-state index contributed by atoms with van der Waals surface area (Å²) in [6, 6.07) is 3.68. The first-order valence-corrected chi connectivity index (χ1v) is 7.68. The van der Waals surface area contributed by atoms with Gasteiger partial charge in [0.05, 0.1) is 5.69 Å². The van der Waals surface area contributed by atoms with Crippen LogP contribution in [0.25, 0.3) is 6.08 Å². The Kier molecular flexibility index (Phi) is 3.88. The number of nitrogens with zero attached hydrogens (tertiary/aromatic N) is 2. The average molecular weight is 326 g/mol. The summed E-state index contributed by atoms with van der Waals surface area (Å²) in [5.41, 5.74) is 13.6. The van der Waals surface area contributed by atoms with E-state index in [0.29, 0.717) is 23.9 Å². The zero-order chi connectivity index (χ0) is 16.8. The minimum atomic E-state index is -4.25. The van der Waals surface area contributed by atoms with Gasteiger partial charge in [-0.2, -0.15) is 13.2 Å². The summed E-state index contributed by atoms with van der Waals surface area (Å²) in [5, 5.41) is 0. The molecule has 1 atom stereocenters. The molecule has 4 nitrogen and oxygen atoms in total. The van der Waals surface area contributed by atoms with Crippen LogP contribution in [0.5, 0.6) is 0 Å². The number of fused-ring (bicyclic) bond motifs is 1. The van der Waals surface area contributed by atoms with E-state index >= 15 is 0 Å². The highest BCUT2D eigenvalue weighted by Gasteiger charge is 2.42. The summed E-state index contributed by atoms with van der Waals surface area (Å²) < 4.78 is 37.5. The predicted molar refractivity (Wildman–Crippen MR) is 83.9 cm³/mol. The number of hydrogen-bond donors (Lipinski definition) is 2. The van der Waals surface area contributed by atoms with Crippen molar-refractivity contribution >= 4 is 11.9 Å². The van der Waals surface area contributed by atoms with E-state index in [0.717, 1.165) is 23.3 Å². The van der Waals surface area contributed by atoms with E-state index in [4.69, 9.17) is 11.5 Å². The van der Waals surface area contributed by atoms with E-state index < -0.39 is 18.3 Å².